The topological polar surface area (TPSA) is 99.3 Å². The molecule has 0 unspecified atom stereocenters. The van der Waals surface area contributed by atoms with Crippen LogP contribution in [-0.2, 0) is 14.8 Å². The van der Waals surface area contributed by atoms with E-state index in [-0.39, 0.29) is 16.4 Å². The van der Waals surface area contributed by atoms with Gasteiger partial charge in [0, 0.05) is 43.5 Å². The molecule has 2 aliphatic heterocycles. The van der Waals surface area contributed by atoms with Crippen LogP contribution in [0.2, 0.25) is 0 Å². The number of amides is 1. The highest BCUT2D eigenvalue weighted by Gasteiger charge is 2.26. The molecule has 2 aliphatic rings. The molecule has 3 aromatic rings. The maximum atomic E-state index is 13.5. The minimum Gasteiger partial charge on any atom is -0.338 e. The lowest BCUT2D eigenvalue weighted by molar-refractivity contribution is -0.127. The molecule has 1 amide bonds. The first-order chi connectivity index (χ1) is 19.0. The van der Waals surface area contributed by atoms with E-state index in [0.29, 0.717) is 43.0 Å². The lowest BCUT2D eigenvalue weighted by atomic mass is 10.0. The molecule has 8 nitrogen and oxygen atoms in total. The summed E-state index contributed by atoms with van der Waals surface area (Å²) in [4.78, 5) is 15.1. The van der Waals surface area contributed by atoms with Crippen LogP contribution in [0.1, 0.15) is 50.5 Å². The van der Waals surface area contributed by atoms with Crippen LogP contribution in [0.15, 0.2) is 71.3 Å². The number of para-hydroxylation sites is 1. The van der Waals surface area contributed by atoms with Gasteiger partial charge in [0.2, 0.25) is 10.0 Å². The molecule has 2 aromatic carbocycles. The van der Waals surface area contributed by atoms with Crippen LogP contribution in [0, 0.1) is 11.3 Å². The van der Waals surface area contributed by atoms with E-state index in [4.69, 9.17) is 5.10 Å². The number of benzene rings is 2. The number of carbonyl (C=O) groups is 1. The number of likely N-dealkylation sites (tertiary alicyclic amines) is 1. The Morgan fingerprint density at radius 2 is 1.54 bits per heavy atom. The normalized spacial score (nSPS) is 17.4. The highest BCUT2D eigenvalue weighted by molar-refractivity contribution is 7.89. The van der Waals surface area contributed by atoms with E-state index in [1.54, 1.807) is 44.4 Å². The molecule has 202 valence electrons. The van der Waals surface area contributed by atoms with Crippen LogP contribution in [0.5, 0.6) is 0 Å². The molecule has 3 heterocycles. The van der Waals surface area contributed by atoms with Crippen LogP contribution >= 0.6 is 0 Å². The fourth-order valence-electron chi connectivity index (χ4n) is 5.23. The average Bonchev–Trinajstić information content (AvgIpc) is 3.20. The van der Waals surface area contributed by atoms with Crippen LogP contribution in [0.3, 0.4) is 0 Å². The average molecular weight is 544 g/mol. The molecule has 0 atom stereocenters. The van der Waals surface area contributed by atoms with Crippen molar-refractivity contribution in [3.63, 3.8) is 0 Å². The van der Waals surface area contributed by atoms with Gasteiger partial charge >= 0.3 is 0 Å². The minimum atomic E-state index is -3.66. The van der Waals surface area contributed by atoms with Gasteiger partial charge in [-0.3, -0.25) is 4.79 Å². The van der Waals surface area contributed by atoms with Crippen molar-refractivity contribution in [3.05, 3.63) is 71.9 Å². The Kier molecular flexibility index (Phi) is 8.24. The largest absolute Gasteiger partial charge is 0.338 e. The molecule has 0 spiro atoms. The van der Waals surface area contributed by atoms with Crippen molar-refractivity contribution in [1.29, 1.82) is 5.26 Å². The predicted molar refractivity (Wildman–Crippen MR) is 150 cm³/mol. The van der Waals surface area contributed by atoms with Gasteiger partial charge in [0.1, 0.15) is 17.3 Å². The summed E-state index contributed by atoms with van der Waals surface area (Å²) in [6, 6.07) is 18.4. The summed E-state index contributed by atoms with van der Waals surface area (Å²) < 4.78 is 30.3. The number of nitriles is 1. The first-order valence-electron chi connectivity index (χ1n) is 13.6. The van der Waals surface area contributed by atoms with E-state index in [1.165, 1.54) is 0 Å². The predicted octanol–water partition coefficient (Wildman–Crippen LogP) is 5.02. The van der Waals surface area contributed by atoms with Gasteiger partial charge in [0.05, 0.1) is 10.6 Å². The van der Waals surface area contributed by atoms with Crippen molar-refractivity contribution in [2.45, 2.75) is 49.8 Å². The molecule has 2 fully saturated rings. The molecule has 0 aliphatic carbocycles. The summed E-state index contributed by atoms with van der Waals surface area (Å²) >= 11 is 0. The maximum absolute atomic E-state index is 13.5. The number of nitrogens with zero attached hydrogens (tertiary/aromatic N) is 5. The molecule has 5 rings (SSSR count). The van der Waals surface area contributed by atoms with Crippen molar-refractivity contribution in [2.75, 3.05) is 26.2 Å². The number of hydrogen-bond donors (Lipinski definition) is 0. The van der Waals surface area contributed by atoms with Gasteiger partial charge in [-0.25, -0.2) is 13.1 Å². The molecule has 0 radical (unpaired) electrons. The zero-order chi connectivity index (χ0) is 27.2. The molecule has 39 heavy (non-hydrogen) atoms. The second-order valence-corrected chi connectivity index (χ2v) is 12.0. The van der Waals surface area contributed by atoms with E-state index in [0.717, 1.165) is 50.6 Å². The Hall–Kier alpha value is -3.74. The molecule has 2 saturated heterocycles. The zero-order valence-electron chi connectivity index (χ0n) is 22.0. The van der Waals surface area contributed by atoms with Crippen molar-refractivity contribution >= 4 is 22.0 Å². The van der Waals surface area contributed by atoms with Crippen LogP contribution in [-0.4, -0.2) is 59.5 Å². The summed E-state index contributed by atoms with van der Waals surface area (Å²) in [5.74, 6) is -0.284. The SMILES string of the molecule is N#CC(=Cc1cn(-c2ccccc2)nc1-c1cccc(S(=O)(=O)N2CCCCCC2)c1)C(=O)N1CCCCC1. The molecule has 0 bridgehead atoms. The third-order valence-corrected chi connectivity index (χ3v) is 9.26. The third-order valence-electron chi connectivity index (χ3n) is 7.37. The van der Waals surface area contributed by atoms with Crippen molar-refractivity contribution < 1.29 is 13.2 Å². The Morgan fingerprint density at radius 1 is 0.872 bits per heavy atom. The van der Waals surface area contributed by atoms with Crippen molar-refractivity contribution in [2.24, 2.45) is 0 Å². The third kappa shape index (κ3) is 5.97. The highest BCUT2D eigenvalue weighted by Crippen LogP contribution is 2.30. The van der Waals surface area contributed by atoms with Gasteiger partial charge in [0.15, 0.2) is 0 Å². The molecule has 0 saturated carbocycles. The Bertz CT molecular complexity index is 1490. The fourth-order valence-corrected chi connectivity index (χ4v) is 6.79. The van der Waals surface area contributed by atoms with Gasteiger partial charge in [-0.1, -0.05) is 43.2 Å². The number of hydrogen-bond acceptors (Lipinski definition) is 5. The fraction of sp³-hybridized carbons (Fsp3) is 0.367. The van der Waals surface area contributed by atoms with E-state index in [1.807, 2.05) is 36.4 Å². The number of rotatable bonds is 6. The molecule has 9 heteroatoms. The highest BCUT2D eigenvalue weighted by atomic mass is 32.2. The van der Waals surface area contributed by atoms with Gasteiger partial charge in [0.25, 0.3) is 5.91 Å². The minimum absolute atomic E-state index is 0.0408. The standard InChI is InChI=1S/C30H33N5O3S/c31-22-25(30(36)33-16-7-4-8-17-33)20-26-23-35(27-13-5-3-6-14-27)32-29(26)24-12-11-15-28(21-24)39(37,38)34-18-9-1-2-10-19-34/h3,5-6,11-15,20-21,23H,1-2,4,7-10,16-19H2. The van der Waals surface area contributed by atoms with E-state index in [2.05, 4.69) is 6.07 Å². The Labute approximate surface area is 230 Å². The smallest absolute Gasteiger partial charge is 0.264 e. The molecule has 1 aromatic heterocycles. The van der Waals surface area contributed by atoms with E-state index < -0.39 is 10.0 Å². The lowest BCUT2D eigenvalue weighted by Gasteiger charge is -2.26. The van der Waals surface area contributed by atoms with Crippen LogP contribution < -0.4 is 0 Å². The van der Waals surface area contributed by atoms with Crippen LogP contribution in [0.25, 0.3) is 23.0 Å². The molecule has 0 N–H and O–H groups in total. The summed E-state index contributed by atoms with van der Waals surface area (Å²) in [6.45, 7) is 2.33. The summed E-state index contributed by atoms with van der Waals surface area (Å²) in [5.41, 5.74) is 2.54. The van der Waals surface area contributed by atoms with Gasteiger partial charge in [-0.05, 0) is 62.4 Å². The number of sulfonamides is 1. The lowest BCUT2D eigenvalue weighted by Crippen LogP contribution is -2.36. The number of carbonyl (C=O) groups excluding carboxylic acids is 1. The number of aromatic nitrogens is 2. The van der Waals surface area contributed by atoms with Crippen molar-refractivity contribution in [1.82, 2.24) is 19.0 Å². The summed E-state index contributed by atoms with van der Waals surface area (Å²) in [6.07, 6.45) is 10.1. The summed E-state index contributed by atoms with van der Waals surface area (Å²) in [7, 11) is -3.66. The first kappa shape index (κ1) is 26.9. The second-order valence-electron chi connectivity index (χ2n) is 10.1. The van der Waals surface area contributed by atoms with Gasteiger partial charge < -0.3 is 4.90 Å². The van der Waals surface area contributed by atoms with Gasteiger partial charge in [-0.2, -0.15) is 14.7 Å². The van der Waals surface area contributed by atoms with Gasteiger partial charge in [-0.15, -0.1) is 0 Å². The first-order valence-corrected chi connectivity index (χ1v) is 15.1. The van der Waals surface area contributed by atoms with E-state index >= 15 is 0 Å². The molecular formula is C30H33N5O3S. The maximum Gasteiger partial charge on any atom is 0.264 e. The van der Waals surface area contributed by atoms with E-state index in [9.17, 15) is 18.5 Å². The second kappa shape index (κ2) is 12.0. The van der Waals surface area contributed by atoms with Crippen LogP contribution in [0.4, 0.5) is 0 Å². The Balaban J connectivity index is 1.57. The molecular weight excluding hydrogens is 510 g/mol. The van der Waals surface area contributed by atoms with Crippen molar-refractivity contribution in [3.8, 4) is 23.0 Å². The summed E-state index contributed by atoms with van der Waals surface area (Å²) in [5, 5.41) is 14.7. The zero-order valence-corrected chi connectivity index (χ0v) is 22.8. The quantitative estimate of drug-likeness (QED) is 0.321. The Morgan fingerprint density at radius 3 is 2.23 bits per heavy atom. The number of piperidine rings is 1. The monoisotopic (exact) mass is 543 g/mol.